The molecular weight excluding hydrogens is 208 g/mol. The topological polar surface area (TPSA) is 6.48 Å². The molecule has 0 unspecified atom stereocenters. The Bertz CT molecular complexity index is 254. The van der Waals surface area contributed by atoms with E-state index in [-0.39, 0.29) is 0 Å². The zero-order valence-electron chi connectivity index (χ0n) is 12.4. The van der Waals surface area contributed by atoms with Crippen LogP contribution in [0.2, 0.25) is 0 Å². The van der Waals surface area contributed by atoms with Crippen LogP contribution in [0.5, 0.6) is 0 Å². The highest BCUT2D eigenvalue weighted by Crippen LogP contribution is 2.36. The first-order valence-electron chi connectivity index (χ1n) is 7.29. The molecule has 2 aliphatic rings. The van der Waals surface area contributed by atoms with Crippen LogP contribution >= 0.6 is 0 Å². The molecule has 0 aliphatic carbocycles. The molecule has 1 atom stereocenters. The fourth-order valence-electron chi connectivity index (χ4n) is 3.44. The Morgan fingerprint density at radius 2 is 1.82 bits per heavy atom. The SMILES string of the molecule is CC(C)C1CN(CC(C)(C)[C@H]2CCN(C)C2)C1. The van der Waals surface area contributed by atoms with Gasteiger partial charge < -0.3 is 9.80 Å². The number of nitrogens with zero attached hydrogens (tertiary/aromatic N) is 2. The van der Waals surface area contributed by atoms with Gasteiger partial charge in [-0.1, -0.05) is 27.7 Å². The minimum absolute atomic E-state index is 0.493. The molecule has 0 amide bonds. The predicted molar refractivity (Wildman–Crippen MR) is 74.2 cm³/mol. The monoisotopic (exact) mass is 238 g/mol. The molecule has 0 aromatic heterocycles. The molecule has 17 heavy (non-hydrogen) atoms. The highest BCUT2D eigenvalue weighted by Gasteiger charge is 2.38. The predicted octanol–water partition coefficient (Wildman–Crippen LogP) is 2.55. The maximum atomic E-state index is 2.67. The Hall–Kier alpha value is -0.0800. The molecule has 2 heterocycles. The number of hydrogen-bond acceptors (Lipinski definition) is 2. The van der Waals surface area contributed by atoms with Crippen molar-refractivity contribution in [2.75, 3.05) is 39.8 Å². The van der Waals surface area contributed by atoms with Gasteiger partial charge in [0.15, 0.2) is 0 Å². The summed E-state index contributed by atoms with van der Waals surface area (Å²) in [4.78, 5) is 5.16. The maximum Gasteiger partial charge on any atom is 0.00361 e. The molecule has 0 radical (unpaired) electrons. The first kappa shape index (κ1) is 13.4. The Balaban J connectivity index is 1.78. The van der Waals surface area contributed by atoms with Gasteiger partial charge in [-0.25, -0.2) is 0 Å². The van der Waals surface area contributed by atoms with Crippen LogP contribution in [0, 0.1) is 23.2 Å². The smallest absolute Gasteiger partial charge is 0.00361 e. The second-order valence-corrected chi connectivity index (χ2v) is 7.43. The van der Waals surface area contributed by atoms with E-state index in [4.69, 9.17) is 0 Å². The standard InChI is InChI=1S/C15H30N2/c1-12(2)13-8-17(9-13)11-15(3,4)14-6-7-16(5)10-14/h12-14H,6-11H2,1-5H3/t14-/m0/s1. The molecule has 2 fully saturated rings. The minimum Gasteiger partial charge on any atom is -0.306 e. The number of hydrogen-bond donors (Lipinski definition) is 0. The van der Waals surface area contributed by atoms with Gasteiger partial charge in [0.1, 0.15) is 0 Å². The second kappa shape index (κ2) is 4.89. The molecule has 0 aromatic rings. The van der Waals surface area contributed by atoms with Crippen LogP contribution in [0.3, 0.4) is 0 Å². The summed E-state index contributed by atoms with van der Waals surface area (Å²) in [6.45, 7) is 16.2. The van der Waals surface area contributed by atoms with Gasteiger partial charge in [0, 0.05) is 26.2 Å². The highest BCUT2D eigenvalue weighted by molar-refractivity contribution is 4.91. The van der Waals surface area contributed by atoms with E-state index in [0.29, 0.717) is 5.41 Å². The maximum absolute atomic E-state index is 2.67. The van der Waals surface area contributed by atoms with Gasteiger partial charge in [0.25, 0.3) is 0 Å². The summed E-state index contributed by atoms with van der Waals surface area (Å²) < 4.78 is 0. The van der Waals surface area contributed by atoms with Gasteiger partial charge in [0.2, 0.25) is 0 Å². The van der Waals surface area contributed by atoms with E-state index < -0.39 is 0 Å². The van der Waals surface area contributed by atoms with E-state index in [1.54, 1.807) is 0 Å². The molecule has 100 valence electrons. The Kier molecular flexibility index (Phi) is 3.84. The van der Waals surface area contributed by atoms with Crippen LogP contribution in [0.1, 0.15) is 34.1 Å². The third-order valence-electron chi connectivity index (χ3n) is 5.06. The van der Waals surface area contributed by atoms with E-state index >= 15 is 0 Å². The van der Waals surface area contributed by atoms with Crippen LogP contribution in [-0.2, 0) is 0 Å². The summed E-state index contributed by atoms with van der Waals surface area (Å²) in [7, 11) is 2.26. The minimum atomic E-state index is 0.493. The Morgan fingerprint density at radius 3 is 2.29 bits per heavy atom. The molecular formula is C15H30N2. The lowest BCUT2D eigenvalue weighted by Crippen LogP contribution is -2.53. The zero-order valence-corrected chi connectivity index (χ0v) is 12.4. The summed E-state index contributed by atoms with van der Waals surface area (Å²) in [5.41, 5.74) is 0.493. The lowest BCUT2D eigenvalue weighted by molar-refractivity contribution is 0.0175. The summed E-state index contributed by atoms with van der Waals surface area (Å²) in [6, 6.07) is 0. The van der Waals surface area contributed by atoms with Gasteiger partial charge in [-0.2, -0.15) is 0 Å². The molecule has 0 saturated carbocycles. The first-order valence-corrected chi connectivity index (χ1v) is 7.29. The lowest BCUT2D eigenvalue weighted by Gasteiger charge is -2.46. The molecule has 2 aliphatic heterocycles. The number of rotatable bonds is 4. The van der Waals surface area contributed by atoms with Crippen LogP contribution < -0.4 is 0 Å². The fourth-order valence-corrected chi connectivity index (χ4v) is 3.44. The fraction of sp³-hybridized carbons (Fsp3) is 1.00. The largest absolute Gasteiger partial charge is 0.306 e. The second-order valence-electron chi connectivity index (χ2n) is 7.43. The van der Waals surface area contributed by atoms with Crippen molar-refractivity contribution in [3.8, 4) is 0 Å². The normalized spacial score (nSPS) is 28.9. The van der Waals surface area contributed by atoms with E-state index in [1.807, 2.05) is 0 Å². The van der Waals surface area contributed by atoms with Gasteiger partial charge >= 0.3 is 0 Å². The van der Waals surface area contributed by atoms with Crippen molar-refractivity contribution in [2.45, 2.75) is 34.1 Å². The van der Waals surface area contributed by atoms with Crippen molar-refractivity contribution in [1.82, 2.24) is 9.80 Å². The average molecular weight is 238 g/mol. The van der Waals surface area contributed by atoms with Crippen molar-refractivity contribution in [3.63, 3.8) is 0 Å². The zero-order chi connectivity index (χ0) is 12.6. The Labute approximate surface area is 107 Å². The molecule has 0 bridgehead atoms. The van der Waals surface area contributed by atoms with Crippen LogP contribution in [0.15, 0.2) is 0 Å². The van der Waals surface area contributed by atoms with E-state index in [9.17, 15) is 0 Å². The molecule has 2 nitrogen and oxygen atoms in total. The van der Waals surface area contributed by atoms with Gasteiger partial charge in [-0.3, -0.25) is 0 Å². The third-order valence-corrected chi connectivity index (χ3v) is 5.06. The van der Waals surface area contributed by atoms with Gasteiger partial charge in [-0.05, 0) is 43.2 Å². The first-order chi connectivity index (χ1) is 7.88. The van der Waals surface area contributed by atoms with Crippen LogP contribution in [-0.4, -0.2) is 49.6 Å². The lowest BCUT2D eigenvalue weighted by atomic mass is 9.76. The average Bonchev–Trinajstić information content (AvgIpc) is 2.57. The van der Waals surface area contributed by atoms with Gasteiger partial charge in [-0.15, -0.1) is 0 Å². The van der Waals surface area contributed by atoms with Crippen molar-refractivity contribution in [1.29, 1.82) is 0 Å². The molecule has 2 heteroatoms. The van der Waals surface area contributed by atoms with Crippen molar-refractivity contribution >= 4 is 0 Å². The van der Waals surface area contributed by atoms with Crippen molar-refractivity contribution < 1.29 is 0 Å². The van der Waals surface area contributed by atoms with E-state index in [0.717, 1.165) is 17.8 Å². The summed E-state index contributed by atoms with van der Waals surface area (Å²) in [5, 5.41) is 0. The summed E-state index contributed by atoms with van der Waals surface area (Å²) >= 11 is 0. The van der Waals surface area contributed by atoms with Crippen molar-refractivity contribution in [2.24, 2.45) is 23.2 Å². The van der Waals surface area contributed by atoms with Gasteiger partial charge in [0.05, 0.1) is 0 Å². The molecule has 0 aromatic carbocycles. The quantitative estimate of drug-likeness (QED) is 0.743. The molecule has 0 N–H and O–H groups in total. The highest BCUT2D eigenvalue weighted by atomic mass is 15.2. The van der Waals surface area contributed by atoms with E-state index in [2.05, 4.69) is 44.5 Å². The molecule has 0 spiro atoms. The van der Waals surface area contributed by atoms with Crippen molar-refractivity contribution in [3.05, 3.63) is 0 Å². The summed E-state index contributed by atoms with van der Waals surface area (Å²) in [6.07, 6.45) is 1.39. The molecule has 2 saturated heterocycles. The third kappa shape index (κ3) is 3.03. The van der Waals surface area contributed by atoms with E-state index in [1.165, 1.54) is 39.1 Å². The summed E-state index contributed by atoms with van der Waals surface area (Å²) in [5.74, 6) is 2.72. The Morgan fingerprint density at radius 1 is 1.18 bits per heavy atom. The number of likely N-dealkylation sites (tertiary alicyclic amines) is 2. The van der Waals surface area contributed by atoms with Crippen LogP contribution in [0.4, 0.5) is 0 Å². The van der Waals surface area contributed by atoms with Crippen LogP contribution in [0.25, 0.3) is 0 Å². The molecule has 2 rings (SSSR count).